The summed E-state index contributed by atoms with van der Waals surface area (Å²) < 4.78 is 0. The van der Waals surface area contributed by atoms with Crippen molar-refractivity contribution in [1.29, 1.82) is 0 Å². The topological polar surface area (TPSA) is 0 Å². The van der Waals surface area contributed by atoms with Gasteiger partial charge < -0.3 is 0 Å². The summed E-state index contributed by atoms with van der Waals surface area (Å²) in [5, 5.41) is 2.40. The van der Waals surface area contributed by atoms with Crippen LogP contribution in [0.4, 0.5) is 0 Å². The molecule has 1 saturated carbocycles. The molecule has 1 fully saturated rings. The molecule has 1 unspecified atom stereocenters. The van der Waals surface area contributed by atoms with E-state index in [1.165, 1.54) is 49.8 Å². The van der Waals surface area contributed by atoms with E-state index in [0.29, 0.717) is 5.92 Å². The van der Waals surface area contributed by atoms with Crippen molar-refractivity contribution < 1.29 is 0 Å². The maximum atomic E-state index is 6.59. The van der Waals surface area contributed by atoms with Crippen LogP contribution < -0.4 is 0 Å². The Kier molecular flexibility index (Phi) is 5.37. The molecule has 1 atom stereocenters. The lowest BCUT2D eigenvalue weighted by Gasteiger charge is -2.30. The SMILES string of the molecule is CCCCC1CCC(C(Cl)c2cccs2)CC1. The molecule has 1 aliphatic rings. The molecule has 0 bridgehead atoms. The average Bonchev–Trinajstić information content (AvgIpc) is 2.90. The average molecular weight is 271 g/mol. The van der Waals surface area contributed by atoms with Crippen molar-refractivity contribution in [3.8, 4) is 0 Å². The molecule has 1 aliphatic carbocycles. The van der Waals surface area contributed by atoms with Crippen LogP contribution in [0.2, 0.25) is 0 Å². The Labute approximate surface area is 114 Å². The van der Waals surface area contributed by atoms with Crippen LogP contribution in [0.15, 0.2) is 17.5 Å². The fourth-order valence-corrected chi connectivity index (χ4v) is 4.22. The summed E-state index contributed by atoms with van der Waals surface area (Å²) in [6, 6.07) is 4.30. The highest BCUT2D eigenvalue weighted by atomic mass is 35.5. The van der Waals surface area contributed by atoms with Gasteiger partial charge in [-0.3, -0.25) is 0 Å². The third kappa shape index (κ3) is 3.72. The molecule has 0 spiro atoms. The van der Waals surface area contributed by atoms with E-state index in [1.54, 1.807) is 0 Å². The Morgan fingerprint density at radius 3 is 2.71 bits per heavy atom. The summed E-state index contributed by atoms with van der Waals surface area (Å²) >= 11 is 8.40. The number of hydrogen-bond donors (Lipinski definition) is 0. The number of alkyl halides is 1. The van der Waals surface area contributed by atoms with E-state index in [0.717, 1.165) is 5.92 Å². The molecule has 2 heteroatoms. The van der Waals surface area contributed by atoms with Crippen LogP contribution in [-0.4, -0.2) is 0 Å². The van der Waals surface area contributed by atoms with Crippen LogP contribution in [0.1, 0.15) is 62.1 Å². The number of unbranched alkanes of at least 4 members (excludes halogenated alkanes) is 1. The summed E-state index contributed by atoms with van der Waals surface area (Å²) in [4.78, 5) is 1.36. The summed E-state index contributed by atoms with van der Waals surface area (Å²) in [6.07, 6.45) is 9.66. The molecule has 0 nitrogen and oxygen atoms in total. The van der Waals surface area contributed by atoms with Crippen LogP contribution in [0, 0.1) is 11.8 Å². The molecule has 0 radical (unpaired) electrons. The monoisotopic (exact) mass is 270 g/mol. The zero-order chi connectivity index (χ0) is 12.1. The summed E-state index contributed by atoms with van der Waals surface area (Å²) in [5.74, 6) is 1.70. The van der Waals surface area contributed by atoms with Crippen molar-refractivity contribution in [2.24, 2.45) is 11.8 Å². The van der Waals surface area contributed by atoms with E-state index in [4.69, 9.17) is 11.6 Å². The van der Waals surface area contributed by atoms with Gasteiger partial charge in [-0.2, -0.15) is 0 Å². The number of rotatable bonds is 5. The van der Waals surface area contributed by atoms with Crippen molar-refractivity contribution in [3.05, 3.63) is 22.4 Å². The fraction of sp³-hybridized carbons (Fsp3) is 0.733. The predicted octanol–water partition coefficient (Wildman–Crippen LogP) is 6.02. The standard InChI is InChI=1S/C15H23ClS/c1-2-3-5-12-7-9-13(10-8-12)15(16)14-6-4-11-17-14/h4,6,11-13,15H,2-3,5,7-10H2,1H3. The molecule has 0 amide bonds. The van der Waals surface area contributed by atoms with Gasteiger partial charge in [0.2, 0.25) is 0 Å². The molecule has 0 N–H and O–H groups in total. The summed E-state index contributed by atoms with van der Waals surface area (Å²) in [5.41, 5.74) is 0. The van der Waals surface area contributed by atoms with Gasteiger partial charge in [-0.15, -0.1) is 22.9 Å². The number of halogens is 1. The van der Waals surface area contributed by atoms with Gasteiger partial charge in [0.15, 0.2) is 0 Å². The first-order chi connectivity index (χ1) is 8.31. The van der Waals surface area contributed by atoms with Crippen LogP contribution in [0.3, 0.4) is 0 Å². The molecule has 96 valence electrons. The third-order valence-corrected chi connectivity index (χ3v) is 5.76. The van der Waals surface area contributed by atoms with Gasteiger partial charge in [0.05, 0.1) is 5.38 Å². The van der Waals surface area contributed by atoms with E-state index in [2.05, 4.69) is 24.4 Å². The highest BCUT2D eigenvalue weighted by Gasteiger charge is 2.27. The lowest BCUT2D eigenvalue weighted by Crippen LogP contribution is -2.17. The molecule has 0 aromatic carbocycles. The van der Waals surface area contributed by atoms with E-state index >= 15 is 0 Å². The van der Waals surface area contributed by atoms with Gasteiger partial charge in [-0.25, -0.2) is 0 Å². The zero-order valence-corrected chi connectivity index (χ0v) is 12.3. The quantitative estimate of drug-likeness (QED) is 0.574. The maximum absolute atomic E-state index is 6.59. The van der Waals surface area contributed by atoms with Gasteiger partial charge in [0, 0.05) is 4.88 Å². The zero-order valence-electron chi connectivity index (χ0n) is 10.7. The molecule has 0 saturated heterocycles. The van der Waals surface area contributed by atoms with Crippen molar-refractivity contribution >= 4 is 22.9 Å². The van der Waals surface area contributed by atoms with E-state index in [-0.39, 0.29) is 5.38 Å². The van der Waals surface area contributed by atoms with Crippen molar-refractivity contribution in [2.75, 3.05) is 0 Å². The van der Waals surface area contributed by atoms with Gasteiger partial charge in [0.1, 0.15) is 0 Å². The van der Waals surface area contributed by atoms with Gasteiger partial charge in [-0.1, -0.05) is 45.1 Å². The Hall–Kier alpha value is -0.0100. The van der Waals surface area contributed by atoms with Crippen LogP contribution in [0.5, 0.6) is 0 Å². The molecule has 0 aliphatic heterocycles. The number of thiophene rings is 1. The molecule has 1 heterocycles. The second-order valence-electron chi connectivity index (χ2n) is 5.34. The lowest BCUT2D eigenvalue weighted by molar-refractivity contribution is 0.255. The van der Waals surface area contributed by atoms with Gasteiger partial charge >= 0.3 is 0 Å². The maximum Gasteiger partial charge on any atom is 0.0706 e. The Balaban J connectivity index is 1.79. The van der Waals surface area contributed by atoms with Gasteiger partial charge in [-0.05, 0) is 36.1 Å². The third-order valence-electron chi connectivity index (χ3n) is 4.09. The smallest absolute Gasteiger partial charge is 0.0706 e. The first-order valence-corrected chi connectivity index (χ1v) is 8.30. The van der Waals surface area contributed by atoms with Crippen LogP contribution >= 0.6 is 22.9 Å². The largest absolute Gasteiger partial charge is 0.147 e. The highest BCUT2D eigenvalue weighted by molar-refractivity contribution is 7.10. The van der Waals surface area contributed by atoms with Crippen molar-refractivity contribution in [3.63, 3.8) is 0 Å². The molecule has 17 heavy (non-hydrogen) atoms. The summed E-state index contributed by atoms with van der Waals surface area (Å²) in [7, 11) is 0. The van der Waals surface area contributed by atoms with Crippen LogP contribution in [-0.2, 0) is 0 Å². The van der Waals surface area contributed by atoms with Crippen LogP contribution in [0.25, 0.3) is 0 Å². The molecule has 2 rings (SSSR count). The Bertz CT molecular complexity index is 299. The van der Waals surface area contributed by atoms with E-state index < -0.39 is 0 Å². The minimum absolute atomic E-state index is 0.266. The predicted molar refractivity (Wildman–Crippen MR) is 77.9 cm³/mol. The first kappa shape index (κ1) is 13.4. The van der Waals surface area contributed by atoms with E-state index in [9.17, 15) is 0 Å². The lowest BCUT2D eigenvalue weighted by atomic mass is 9.78. The number of hydrogen-bond acceptors (Lipinski definition) is 1. The van der Waals surface area contributed by atoms with Crippen molar-refractivity contribution in [1.82, 2.24) is 0 Å². The fourth-order valence-electron chi connectivity index (χ4n) is 2.94. The molecular weight excluding hydrogens is 248 g/mol. The van der Waals surface area contributed by atoms with E-state index in [1.807, 2.05) is 11.3 Å². The highest BCUT2D eigenvalue weighted by Crippen LogP contribution is 2.42. The minimum atomic E-state index is 0.266. The minimum Gasteiger partial charge on any atom is -0.147 e. The van der Waals surface area contributed by atoms with Crippen molar-refractivity contribution in [2.45, 2.75) is 57.2 Å². The first-order valence-electron chi connectivity index (χ1n) is 6.98. The Morgan fingerprint density at radius 1 is 1.35 bits per heavy atom. The molecular formula is C15H23ClS. The second kappa shape index (κ2) is 6.80. The molecule has 1 aromatic heterocycles. The second-order valence-corrected chi connectivity index (χ2v) is 6.79. The normalized spacial score (nSPS) is 26.9. The Morgan fingerprint density at radius 2 is 2.12 bits per heavy atom. The summed E-state index contributed by atoms with van der Waals surface area (Å²) in [6.45, 7) is 2.29. The van der Waals surface area contributed by atoms with Gasteiger partial charge in [0.25, 0.3) is 0 Å². The molecule has 1 aromatic rings.